The summed E-state index contributed by atoms with van der Waals surface area (Å²) < 4.78 is 44.0. The summed E-state index contributed by atoms with van der Waals surface area (Å²) in [7, 11) is 1.54. The maximum atomic E-state index is 12.9. The van der Waals surface area contributed by atoms with Gasteiger partial charge in [-0.05, 0) is 24.1 Å². The molecule has 1 aliphatic heterocycles. The number of methoxy groups -OCH3 is 1. The Bertz CT molecular complexity index is 470. The van der Waals surface area contributed by atoms with Crippen molar-refractivity contribution < 1.29 is 17.9 Å². The van der Waals surface area contributed by atoms with Crippen LogP contribution >= 0.6 is 0 Å². The molecule has 6 heteroatoms. The Morgan fingerprint density at radius 1 is 1.29 bits per heavy atom. The molecule has 1 fully saturated rings. The predicted molar refractivity (Wildman–Crippen MR) is 75.6 cm³/mol. The van der Waals surface area contributed by atoms with E-state index in [1.54, 1.807) is 12.1 Å². The second kappa shape index (κ2) is 6.66. The molecular weight excluding hydrogens is 281 g/mol. The van der Waals surface area contributed by atoms with Gasteiger partial charge in [-0.3, -0.25) is 4.90 Å². The van der Waals surface area contributed by atoms with Crippen molar-refractivity contribution in [3.05, 3.63) is 29.3 Å². The molecule has 0 bridgehead atoms. The molecule has 0 saturated carbocycles. The SMILES string of the molecule is COc1cc([C@H](CC(F)(F)F)N2CCNCC2)ccc1C. The molecule has 0 spiro atoms. The fourth-order valence-corrected chi connectivity index (χ4v) is 2.71. The van der Waals surface area contributed by atoms with Gasteiger partial charge in [-0.2, -0.15) is 13.2 Å². The van der Waals surface area contributed by atoms with Gasteiger partial charge in [-0.15, -0.1) is 0 Å². The Morgan fingerprint density at radius 3 is 2.52 bits per heavy atom. The molecule has 1 aromatic rings. The fraction of sp³-hybridized carbons (Fsp3) is 0.600. The van der Waals surface area contributed by atoms with Gasteiger partial charge in [-0.25, -0.2) is 0 Å². The van der Waals surface area contributed by atoms with Crippen LogP contribution in [-0.2, 0) is 0 Å². The molecule has 1 heterocycles. The molecule has 0 radical (unpaired) electrons. The first kappa shape index (κ1) is 16.1. The largest absolute Gasteiger partial charge is 0.496 e. The number of benzene rings is 1. The number of ether oxygens (including phenoxy) is 1. The molecule has 2 rings (SSSR count). The Labute approximate surface area is 123 Å². The molecule has 21 heavy (non-hydrogen) atoms. The molecule has 1 aromatic carbocycles. The quantitative estimate of drug-likeness (QED) is 0.925. The summed E-state index contributed by atoms with van der Waals surface area (Å²) in [5, 5.41) is 3.17. The first-order chi connectivity index (χ1) is 9.90. The van der Waals surface area contributed by atoms with Crippen LogP contribution in [0.4, 0.5) is 13.2 Å². The zero-order valence-corrected chi connectivity index (χ0v) is 12.3. The molecule has 0 amide bonds. The lowest BCUT2D eigenvalue weighted by Crippen LogP contribution is -2.46. The summed E-state index contributed by atoms with van der Waals surface area (Å²) in [6, 6.07) is 4.67. The number of hydrogen-bond donors (Lipinski definition) is 1. The van der Waals surface area contributed by atoms with E-state index in [9.17, 15) is 13.2 Å². The Balaban J connectivity index is 2.29. The van der Waals surface area contributed by atoms with Gasteiger partial charge in [0.25, 0.3) is 0 Å². The zero-order chi connectivity index (χ0) is 15.5. The van der Waals surface area contributed by atoms with Crippen molar-refractivity contribution in [2.75, 3.05) is 33.3 Å². The zero-order valence-electron chi connectivity index (χ0n) is 12.3. The highest BCUT2D eigenvalue weighted by atomic mass is 19.4. The van der Waals surface area contributed by atoms with Crippen LogP contribution in [-0.4, -0.2) is 44.4 Å². The number of alkyl halides is 3. The van der Waals surface area contributed by atoms with Crippen LogP contribution in [0.5, 0.6) is 5.75 Å². The van der Waals surface area contributed by atoms with Gasteiger partial charge >= 0.3 is 6.18 Å². The van der Waals surface area contributed by atoms with Gasteiger partial charge < -0.3 is 10.1 Å². The van der Waals surface area contributed by atoms with Crippen LogP contribution in [0.2, 0.25) is 0 Å². The smallest absolute Gasteiger partial charge is 0.390 e. The standard InChI is InChI=1S/C15H21F3N2O/c1-11-3-4-12(9-14(11)21-2)13(10-15(16,17)18)20-7-5-19-6-8-20/h3-4,9,13,19H,5-8,10H2,1-2H3/t13-/m0/s1. The highest BCUT2D eigenvalue weighted by molar-refractivity contribution is 5.38. The van der Waals surface area contributed by atoms with Crippen molar-refractivity contribution in [1.82, 2.24) is 10.2 Å². The molecule has 1 atom stereocenters. The lowest BCUT2D eigenvalue weighted by Gasteiger charge is -2.35. The Kier molecular flexibility index (Phi) is 5.11. The second-order valence-corrected chi connectivity index (χ2v) is 5.35. The lowest BCUT2D eigenvalue weighted by atomic mass is 9.99. The van der Waals surface area contributed by atoms with Crippen LogP contribution in [0.15, 0.2) is 18.2 Å². The molecule has 1 aliphatic rings. The Hall–Kier alpha value is -1.27. The number of halogens is 3. The summed E-state index contributed by atoms with van der Waals surface area (Å²) >= 11 is 0. The van der Waals surface area contributed by atoms with Gasteiger partial charge in [-0.1, -0.05) is 12.1 Å². The number of aryl methyl sites for hydroxylation is 1. The van der Waals surface area contributed by atoms with Gasteiger partial charge in [0.05, 0.1) is 13.5 Å². The van der Waals surface area contributed by atoms with E-state index in [2.05, 4.69) is 5.32 Å². The maximum absolute atomic E-state index is 12.9. The number of nitrogens with zero attached hydrogens (tertiary/aromatic N) is 1. The summed E-state index contributed by atoms with van der Waals surface area (Å²) in [6.45, 7) is 4.56. The van der Waals surface area contributed by atoms with Crippen LogP contribution in [0.1, 0.15) is 23.6 Å². The molecule has 1 N–H and O–H groups in total. The van der Waals surface area contributed by atoms with Crippen LogP contribution in [0.25, 0.3) is 0 Å². The van der Waals surface area contributed by atoms with E-state index in [4.69, 9.17) is 4.74 Å². The lowest BCUT2D eigenvalue weighted by molar-refractivity contribution is -0.148. The minimum absolute atomic E-state index is 0.622. The average molecular weight is 302 g/mol. The maximum Gasteiger partial charge on any atom is 0.390 e. The van der Waals surface area contributed by atoms with Crippen LogP contribution < -0.4 is 10.1 Å². The van der Waals surface area contributed by atoms with Gasteiger partial charge in [0.1, 0.15) is 5.75 Å². The van der Waals surface area contributed by atoms with Crippen molar-refractivity contribution in [2.24, 2.45) is 0 Å². The third kappa shape index (κ3) is 4.35. The van der Waals surface area contributed by atoms with Crippen molar-refractivity contribution in [2.45, 2.75) is 25.6 Å². The third-order valence-electron chi connectivity index (χ3n) is 3.83. The molecule has 118 valence electrons. The first-order valence-corrected chi connectivity index (χ1v) is 7.07. The predicted octanol–water partition coefficient (Wildman–Crippen LogP) is 2.90. The molecule has 0 aromatic heterocycles. The number of rotatable bonds is 4. The van der Waals surface area contributed by atoms with Crippen molar-refractivity contribution in [1.29, 1.82) is 0 Å². The van der Waals surface area contributed by atoms with Gasteiger partial charge in [0, 0.05) is 32.2 Å². The van der Waals surface area contributed by atoms with Crippen molar-refractivity contribution in [3.8, 4) is 5.75 Å². The van der Waals surface area contributed by atoms with E-state index in [0.717, 1.165) is 18.7 Å². The number of hydrogen-bond acceptors (Lipinski definition) is 3. The monoisotopic (exact) mass is 302 g/mol. The minimum atomic E-state index is -4.19. The average Bonchev–Trinajstić information content (AvgIpc) is 2.45. The number of nitrogens with one attached hydrogen (secondary N) is 1. The van der Waals surface area contributed by atoms with E-state index in [1.165, 1.54) is 7.11 Å². The number of piperazine rings is 1. The van der Waals surface area contributed by atoms with E-state index in [-0.39, 0.29) is 0 Å². The Morgan fingerprint density at radius 2 is 1.95 bits per heavy atom. The van der Waals surface area contributed by atoms with E-state index >= 15 is 0 Å². The van der Waals surface area contributed by atoms with E-state index < -0.39 is 18.6 Å². The molecule has 3 nitrogen and oxygen atoms in total. The second-order valence-electron chi connectivity index (χ2n) is 5.35. The fourth-order valence-electron chi connectivity index (χ4n) is 2.71. The molecule has 0 unspecified atom stereocenters. The van der Waals surface area contributed by atoms with E-state index in [1.807, 2.05) is 17.9 Å². The van der Waals surface area contributed by atoms with Crippen LogP contribution in [0.3, 0.4) is 0 Å². The first-order valence-electron chi connectivity index (χ1n) is 7.07. The third-order valence-corrected chi connectivity index (χ3v) is 3.83. The summed E-state index contributed by atoms with van der Waals surface area (Å²) in [5.74, 6) is 0.634. The highest BCUT2D eigenvalue weighted by Gasteiger charge is 2.36. The van der Waals surface area contributed by atoms with Crippen molar-refractivity contribution >= 4 is 0 Å². The topological polar surface area (TPSA) is 24.5 Å². The minimum Gasteiger partial charge on any atom is -0.496 e. The summed E-state index contributed by atoms with van der Waals surface area (Å²) in [5.41, 5.74) is 1.59. The van der Waals surface area contributed by atoms with Crippen LogP contribution in [0, 0.1) is 6.92 Å². The summed E-state index contributed by atoms with van der Waals surface area (Å²) in [4.78, 5) is 1.90. The molecule has 0 aliphatic carbocycles. The van der Waals surface area contributed by atoms with Gasteiger partial charge in [0.2, 0.25) is 0 Å². The molecule has 1 saturated heterocycles. The van der Waals surface area contributed by atoms with Gasteiger partial charge in [0.15, 0.2) is 0 Å². The van der Waals surface area contributed by atoms with Crippen molar-refractivity contribution in [3.63, 3.8) is 0 Å². The summed E-state index contributed by atoms with van der Waals surface area (Å²) in [6.07, 6.45) is -5.02. The van der Waals surface area contributed by atoms with E-state index in [0.29, 0.717) is 24.4 Å². The molecular formula is C15H21F3N2O. The normalized spacial score (nSPS) is 18.5. The highest BCUT2D eigenvalue weighted by Crippen LogP contribution is 2.35.